The Morgan fingerprint density at radius 2 is 1.89 bits per heavy atom. The molecule has 0 bridgehead atoms. The minimum Gasteiger partial charge on any atom is -0.480 e. The average molecular weight is 247 g/mol. The van der Waals surface area contributed by atoms with E-state index < -0.39 is 23.1 Å². The molecule has 0 aliphatic rings. The third kappa shape index (κ3) is 1.99. The van der Waals surface area contributed by atoms with E-state index in [9.17, 15) is 14.4 Å². The van der Waals surface area contributed by atoms with Crippen LogP contribution in [0.25, 0.3) is 0 Å². The summed E-state index contributed by atoms with van der Waals surface area (Å²) in [6.07, 6.45) is 0.153. The Morgan fingerprint density at radius 3 is 2.39 bits per heavy atom. The van der Waals surface area contributed by atoms with Crippen molar-refractivity contribution in [2.45, 2.75) is 26.3 Å². The first-order valence-corrected chi connectivity index (χ1v) is 5.59. The van der Waals surface area contributed by atoms with E-state index in [1.54, 1.807) is 0 Å². The molecular weight excluding hydrogens is 234 g/mol. The van der Waals surface area contributed by atoms with Crippen LogP contribution in [0, 0.1) is 13.8 Å². The van der Waals surface area contributed by atoms with Crippen molar-refractivity contribution in [2.24, 2.45) is 0 Å². The van der Waals surface area contributed by atoms with Gasteiger partial charge in [0.25, 0.3) is 0 Å². The lowest BCUT2D eigenvalue weighted by molar-refractivity contribution is -0.140. The first-order valence-electron chi connectivity index (χ1n) is 5.59. The first-order chi connectivity index (χ1) is 8.43. The summed E-state index contributed by atoms with van der Waals surface area (Å²) in [5, 5.41) is 9.09. The number of aromatic nitrogens is 1. The van der Waals surface area contributed by atoms with E-state index in [-0.39, 0.29) is 6.42 Å². The molecule has 0 radical (unpaired) electrons. The lowest BCUT2D eigenvalue weighted by Gasteiger charge is -2.12. The van der Waals surface area contributed by atoms with Gasteiger partial charge in [-0.2, -0.15) is 0 Å². The van der Waals surface area contributed by atoms with E-state index in [0.717, 1.165) is 21.3 Å². The minimum atomic E-state index is -1.16. The molecule has 1 unspecified atom stereocenters. The van der Waals surface area contributed by atoms with Gasteiger partial charge in [0, 0.05) is 6.42 Å². The lowest BCUT2D eigenvalue weighted by atomic mass is 9.98. The number of aryl methyl sites for hydroxylation is 1. The molecule has 5 nitrogen and oxygen atoms in total. The van der Waals surface area contributed by atoms with Gasteiger partial charge in [0.1, 0.15) is 6.04 Å². The Balaban J connectivity index is 2.34. The second-order valence-electron chi connectivity index (χ2n) is 4.40. The van der Waals surface area contributed by atoms with Crippen LogP contribution in [0.2, 0.25) is 0 Å². The lowest BCUT2D eigenvalue weighted by Crippen LogP contribution is -2.21. The maximum atomic E-state index is 11.1. The van der Waals surface area contributed by atoms with E-state index in [0.29, 0.717) is 0 Å². The van der Waals surface area contributed by atoms with Gasteiger partial charge >= 0.3 is 17.1 Å². The molecule has 0 saturated heterocycles. The average Bonchev–Trinajstić information content (AvgIpc) is 2.89. The normalized spacial score (nSPS) is 12.8. The maximum absolute atomic E-state index is 11.1. The fraction of sp³-hybridized carbons (Fsp3) is 0.308. The fourth-order valence-corrected chi connectivity index (χ4v) is 1.96. The molecule has 0 fully saturated rings. The Hall–Kier alpha value is -2.17. The molecule has 5 heteroatoms. The molecule has 1 aromatic carbocycles. The van der Waals surface area contributed by atoms with Gasteiger partial charge in [-0.1, -0.05) is 18.2 Å². The van der Waals surface area contributed by atoms with Gasteiger partial charge in [0.15, 0.2) is 0 Å². The molecule has 1 aromatic heterocycles. The third-order valence-corrected chi connectivity index (χ3v) is 3.30. The van der Waals surface area contributed by atoms with Gasteiger partial charge in [0.2, 0.25) is 0 Å². The molecule has 0 amide bonds. The number of carboxylic acid groups (broad SMARTS) is 1. The second kappa shape index (κ2) is 4.25. The molecule has 1 heterocycles. The summed E-state index contributed by atoms with van der Waals surface area (Å²) >= 11 is 0. The highest BCUT2D eigenvalue weighted by atomic mass is 16.4. The molecule has 2 rings (SSSR count). The zero-order valence-electron chi connectivity index (χ0n) is 10.1. The minimum absolute atomic E-state index is 0.153. The number of nitrogens with zero attached hydrogens (tertiary/aromatic N) is 1. The summed E-state index contributed by atoms with van der Waals surface area (Å²) in [5.74, 6) is -1.16. The van der Waals surface area contributed by atoms with Crippen molar-refractivity contribution in [2.75, 3.05) is 0 Å². The van der Waals surface area contributed by atoms with Crippen molar-refractivity contribution >= 4 is 5.97 Å². The molecule has 0 spiro atoms. The van der Waals surface area contributed by atoms with Crippen LogP contribution in [-0.2, 0) is 11.2 Å². The Labute approximate surface area is 103 Å². The van der Waals surface area contributed by atoms with Gasteiger partial charge in [-0.15, -0.1) is 0 Å². The van der Waals surface area contributed by atoms with Crippen LogP contribution in [0.5, 0.6) is 0 Å². The summed E-state index contributed by atoms with van der Waals surface area (Å²) in [5.41, 5.74) is 1.46. The largest absolute Gasteiger partial charge is 0.480 e. The fourth-order valence-electron chi connectivity index (χ4n) is 1.96. The highest BCUT2D eigenvalue weighted by molar-refractivity contribution is 5.72. The van der Waals surface area contributed by atoms with Crippen LogP contribution < -0.4 is 11.1 Å². The van der Waals surface area contributed by atoms with Crippen molar-refractivity contribution in [1.29, 1.82) is 0 Å². The molecule has 0 aliphatic carbocycles. The number of rotatable bonds is 4. The molecule has 2 aromatic rings. The predicted molar refractivity (Wildman–Crippen MR) is 65.6 cm³/mol. The summed E-state index contributed by atoms with van der Waals surface area (Å²) in [7, 11) is 0. The zero-order valence-corrected chi connectivity index (χ0v) is 10.1. The van der Waals surface area contributed by atoms with E-state index in [1.807, 2.05) is 32.0 Å². The summed E-state index contributed by atoms with van der Waals surface area (Å²) in [6, 6.07) is 4.49. The van der Waals surface area contributed by atoms with E-state index in [1.165, 1.54) is 0 Å². The van der Waals surface area contributed by atoms with E-state index in [4.69, 9.17) is 5.11 Å². The number of hydrogen-bond acceptors (Lipinski definition) is 3. The molecule has 18 heavy (non-hydrogen) atoms. The topological polar surface area (TPSA) is 76.4 Å². The Morgan fingerprint density at radius 1 is 1.28 bits per heavy atom. The zero-order chi connectivity index (χ0) is 13.4. The quantitative estimate of drug-likeness (QED) is 0.801. The molecule has 1 N–H and O–H groups in total. The molecular formula is C13H13NO4. The van der Waals surface area contributed by atoms with Crippen molar-refractivity contribution in [3.63, 3.8) is 0 Å². The highest BCUT2D eigenvalue weighted by Gasteiger charge is 2.31. The molecule has 94 valence electrons. The summed E-state index contributed by atoms with van der Waals surface area (Å²) in [6.45, 7) is 3.83. The standard InChI is InChI=1S/C13H13NO4/c1-7-4-3-5-9(8(7)2)6-10(13(17)18)14-11(15)12(14)16/h3-5,10H,6H2,1-2H3,(H,17,18). The van der Waals surface area contributed by atoms with Gasteiger partial charge in [0.05, 0.1) is 0 Å². The number of carboxylic acids is 1. The van der Waals surface area contributed by atoms with Crippen LogP contribution >= 0.6 is 0 Å². The van der Waals surface area contributed by atoms with E-state index >= 15 is 0 Å². The van der Waals surface area contributed by atoms with Gasteiger partial charge in [-0.3, -0.25) is 14.2 Å². The Bertz CT molecular complexity index is 651. The first kappa shape index (κ1) is 12.3. The van der Waals surface area contributed by atoms with Crippen LogP contribution in [0.4, 0.5) is 0 Å². The number of hydrogen-bond donors (Lipinski definition) is 1. The summed E-state index contributed by atoms with van der Waals surface area (Å²) in [4.78, 5) is 33.2. The number of carbonyl (C=O) groups is 1. The van der Waals surface area contributed by atoms with Gasteiger partial charge in [-0.25, -0.2) is 4.79 Å². The maximum Gasteiger partial charge on any atom is 0.327 e. The third-order valence-electron chi connectivity index (χ3n) is 3.30. The van der Waals surface area contributed by atoms with Crippen LogP contribution in [0.1, 0.15) is 22.7 Å². The van der Waals surface area contributed by atoms with Crippen molar-refractivity contribution < 1.29 is 9.90 Å². The molecule has 0 aliphatic heterocycles. The second-order valence-corrected chi connectivity index (χ2v) is 4.40. The molecule has 0 saturated carbocycles. The smallest absolute Gasteiger partial charge is 0.327 e. The van der Waals surface area contributed by atoms with E-state index in [2.05, 4.69) is 0 Å². The van der Waals surface area contributed by atoms with Crippen LogP contribution in [-0.4, -0.2) is 15.6 Å². The van der Waals surface area contributed by atoms with Crippen LogP contribution in [0.3, 0.4) is 0 Å². The van der Waals surface area contributed by atoms with Crippen LogP contribution in [0.15, 0.2) is 27.8 Å². The molecule has 1 atom stereocenters. The van der Waals surface area contributed by atoms with Gasteiger partial charge in [-0.05, 0) is 30.5 Å². The van der Waals surface area contributed by atoms with Gasteiger partial charge < -0.3 is 5.11 Å². The number of aliphatic carboxylic acids is 1. The SMILES string of the molecule is Cc1cccc(CC(C(=O)O)n2c(=O)c2=O)c1C. The monoisotopic (exact) mass is 247 g/mol. The highest BCUT2D eigenvalue weighted by Crippen LogP contribution is 2.19. The van der Waals surface area contributed by atoms with Crippen molar-refractivity contribution in [3.05, 3.63) is 55.6 Å². The van der Waals surface area contributed by atoms with Crippen molar-refractivity contribution in [1.82, 2.24) is 4.57 Å². The summed E-state index contributed by atoms with van der Waals surface area (Å²) < 4.78 is 0.796. The van der Waals surface area contributed by atoms with Crippen molar-refractivity contribution in [3.8, 4) is 0 Å². The number of benzene rings is 1. The Kier molecular flexibility index (Phi) is 2.90. The predicted octanol–water partition coefficient (Wildman–Crippen LogP) is 0.569.